The maximum Gasteiger partial charge on any atom is 0.142 e. The summed E-state index contributed by atoms with van der Waals surface area (Å²) in [4.78, 5) is 8.66. The van der Waals surface area contributed by atoms with E-state index in [0.29, 0.717) is 0 Å². The van der Waals surface area contributed by atoms with E-state index >= 15 is 0 Å². The lowest BCUT2D eigenvalue weighted by Crippen LogP contribution is -2.04. The maximum absolute atomic E-state index is 9.64. The Kier molecular flexibility index (Phi) is 6.04. The normalized spacial score (nSPS) is 11.1. The molecule has 7 nitrogen and oxygen atoms in total. The van der Waals surface area contributed by atoms with Crippen molar-refractivity contribution in [2.75, 3.05) is 19.0 Å². The molecule has 0 radical (unpaired) electrons. The van der Waals surface area contributed by atoms with Gasteiger partial charge in [0.2, 0.25) is 0 Å². The molecule has 27 heavy (non-hydrogen) atoms. The van der Waals surface area contributed by atoms with Gasteiger partial charge in [-0.05, 0) is 55.7 Å². The molecule has 0 fully saturated rings. The van der Waals surface area contributed by atoms with E-state index in [4.69, 9.17) is 9.94 Å². The van der Waals surface area contributed by atoms with Gasteiger partial charge in [0.1, 0.15) is 17.2 Å². The van der Waals surface area contributed by atoms with E-state index in [1.165, 1.54) is 0 Å². The fourth-order valence-electron chi connectivity index (χ4n) is 2.86. The van der Waals surface area contributed by atoms with Crippen molar-refractivity contribution in [2.45, 2.75) is 19.3 Å². The molecule has 0 aliphatic heterocycles. The lowest BCUT2D eigenvalue weighted by Gasteiger charge is -2.10. The first-order chi connectivity index (χ1) is 13.2. The summed E-state index contributed by atoms with van der Waals surface area (Å²) in [7, 11) is 1.65. The number of hydrogen-bond donors (Lipinski definition) is 3. The molecule has 7 heteroatoms. The van der Waals surface area contributed by atoms with E-state index < -0.39 is 0 Å². The molecule has 1 aromatic carbocycles. The van der Waals surface area contributed by atoms with Gasteiger partial charge in [0.15, 0.2) is 0 Å². The van der Waals surface area contributed by atoms with Crippen LogP contribution in [0.2, 0.25) is 0 Å². The van der Waals surface area contributed by atoms with E-state index in [1.807, 2.05) is 24.3 Å². The lowest BCUT2D eigenvalue weighted by atomic mass is 10.1. The zero-order valence-corrected chi connectivity index (χ0v) is 15.1. The number of hydrogen-bond acceptors (Lipinski definition) is 7. The Bertz CT molecular complexity index is 944. The van der Waals surface area contributed by atoms with Crippen molar-refractivity contribution >= 4 is 22.8 Å². The molecule has 0 bridgehead atoms. The number of aromatic hydroxyl groups is 1. The number of benzene rings is 1. The standard InChI is InChI=1S/C20H22N4O3/c1-27-15-6-7-17-16(12-15)18(9-11-22-17)21-10-3-2-4-14-5-8-20(25)19(24-14)13-23-26/h5-9,11-13,25-26H,2-4,10H2,1H3,(H,21,22)/b23-13+. The Labute approximate surface area is 157 Å². The molecule has 0 saturated heterocycles. The molecular weight excluding hydrogens is 344 g/mol. The number of ether oxygens (including phenoxy) is 1. The third-order valence-electron chi connectivity index (χ3n) is 4.26. The number of oxime groups is 1. The third kappa shape index (κ3) is 4.63. The highest BCUT2D eigenvalue weighted by Crippen LogP contribution is 2.26. The van der Waals surface area contributed by atoms with Crippen LogP contribution in [0.15, 0.2) is 47.8 Å². The highest BCUT2D eigenvalue weighted by molar-refractivity contribution is 5.92. The van der Waals surface area contributed by atoms with E-state index in [-0.39, 0.29) is 11.4 Å². The average molecular weight is 366 g/mol. The maximum atomic E-state index is 9.64. The summed E-state index contributed by atoms with van der Waals surface area (Å²) < 4.78 is 5.30. The summed E-state index contributed by atoms with van der Waals surface area (Å²) >= 11 is 0. The van der Waals surface area contributed by atoms with Crippen LogP contribution in [0.25, 0.3) is 10.9 Å². The molecule has 0 saturated carbocycles. The number of anilines is 1. The molecule has 140 valence electrons. The van der Waals surface area contributed by atoms with Crippen LogP contribution in [0.5, 0.6) is 11.5 Å². The second-order valence-corrected chi connectivity index (χ2v) is 6.08. The summed E-state index contributed by atoms with van der Waals surface area (Å²) in [5.41, 5.74) is 3.07. The second kappa shape index (κ2) is 8.84. The van der Waals surface area contributed by atoms with Crippen LogP contribution in [0, 0.1) is 0 Å². The number of nitrogens with one attached hydrogen (secondary N) is 1. The number of aryl methyl sites for hydroxylation is 1. The van der Waals surface area contributed by atoms with Gasteiger partial charge in [-0.2, -0.15) is 0 Å². The summed E-state index contributed by atoms with van der Waals surface area (Å²) in [5, 5.41) is 25.6. The van der Waals surface area contributed by atoms with Gasteiger partial charge in [0.25, 0.3) is 0 Å². The predicted octanol–water partition coefficient (Wildman–Crippen LogP) is 3.59. The van der Waals surface area contributed by atoms with Gasteiger partial charge >= 0.3 is 0 Å². The molecule has 0 spiro atoms. The largest absolute Gasteiger partial charge is 0.506 e. The van der Waals surface area contributed by atoms with Crippen molar-refractivity contribution in [3.63, 3.8) is 0 Å². The number of methoxy groups -OCH3 is 1. The minimum absolute atomic E-state index is 0.00166. The third-order valence-corrected chi connectivity index (χ3v) is 4.26. The zero-order chi connectivity index (χ0) is 19.1. The molecule has 3 aromatic rings. The molecule has 0 atom stereocenters. The Hall–Kier alpha value is -3.35. The molecule has 3 rings (SSSR count). The molecule has 2 aromatic heterocycles. The van der Waals surface area contributed by atoms with Gasteiger partial charge in [-0.1, -0.05) is 5.16 Å². The van der Waals surface area contributed by atoms with Crippen molar-refractivity contribution in [1.29, 1.82) is 0 Å². The Morgan fingerprint density at radius 3 is 2.89 bits per heavy atom. The van der Waals surface area contributed by atoms with Crippen LogP contribution in [-0.2, 0) is 6.42 Å². The van der Waals surface area contributed by atoms with Gasteiger partial charge in [-0.3, -0.25) is 4.98 Å². The predicted molar refractivity (Wildman–Crippen MR) is 105 cm³/mol. The van der Waals surface area contributed by atoms with Gasteiger partial charge < -0.3 is 20.4 Å². The van der Waals surface area contributed by atoms with Crippen LogP contribution in [0.4, 0.5) is 5.69 Å². The van der Waals surface area contributed by atoms with Crippen LogP contribution in [0.1, 0.15) is 24.2 Å². The molecule has 0 unspecified atom stereocenters. The van der Waals surface area contributed by atoms with Gasteiger partial charge in [0.05, 0.1) is 18.8 Å². The van der Waals surface area contributed by atoms with E-state index in [1.54, 1.807) is 25.4 Å². The van der Waals surface area contributed by atoms with Crippen LogP contribution in [-0.4, -0.2) is 40.2 Å². The summed E-state index contributed by atoms with van der Waals surface area (Å²) in [5.74, 6) is 0.803. The van der Waals surface area contributed by atoms with Gasteiger partial charge in [-0.15, -0.1) is 0 Å². The lowest BCUT2D eigenvalue weighted by molar-refractivity contribution is 0.321. The average Bonchev–Trinajstić information content (AvgIpc) is 2.70. The Balaban J connectivity index is 1.55. The van der Waals surface area contributed by atoms with Crippen LogP contribution < -0.4 is 10.1 Å². The first-order valence-electron chi connectivity index (χ1n) is 8.74. The minimum Gasteiger partial charge on any atom is -0.506 e. The minimum atomic E-state index is -0.00166. The number of rotatable bonds is 8. The van der Waals surface area contributed by atoms with Gasteiger partial charge in [0, 0.05) is 29.5 Å². The van der Waals surface area contributed by atoms with Crippen LogP contribution >= 0.6 is 0 Å². The number of aromatic nitrogens is 2. The molecule has 0 aliphatic carbocycles. The monoisotopic (exact) mass is 366 g/mol. The Morgan fingerprint density at radius 2 is 2.07 bits per heavy atom. The number of pyridine rings is 2. The zero-order valence-electron chi connectivity index (χ0n) is 15.1. The summed E-state index contributed by atoms with van der Waals surface area (Å²) in [6.45, 7) is 0.819. The quantitative estimate of drug-likeness (QED) is 0.244. The molecule has 0 amide bonds. The number of unbranched alkanes of at least 4 members (excludes halogenated alkanes) is 1. The van der Waals surface area contributed by atoms with E-state index in [0.717, 1.165) is 60.1 Å². The fourth-order valence-corrected chi connectivity index (χ4v) is 2.86. The first-order valence-corrected chi connectivity index (χ1v) is 8.74. The SMILES string of the molecule is COc1ccc2nccc(NCCCCc3ccc(O)c(/C=N/O)n3)c2c1. The fraction of sp³-hybridized carbons (Fsp3) is 0.250. The Morgan fingerprint density at radius 1 is 1.19 bits per heavy atom. The summed E-state index contributed by atoms with van der Waals surface area (Å²) in [6, 6.07) is 11.1. The highest BCUT2D eigenvalue weighted by Gasteiger charge is 2.05. The van der Waals surface area contributed by atoms with Crippen LogP contribution in [0.3, 0.4) is 0 Å². The number of fused-ring (bicyclic) bond motifs is 1. The molecular formula is C20H22N4O3. The van der Waals surface area contributed by atoms with E-state index in [9.17, 15) is 5.11 Å². The second-order valence-electron chi connectivity index (χ2n) is 6.08. The summed E-state index contributed by atoms with van der Waals surface area (Å²) in [6.07, 6.45) is 5.59. The smallest absolute Gasteiger partial charge is 0.142 e. The molecule has 0 aliphatic rings. The molecule has 2 heterocycles. The highest BCUT2D eigenvalue weighted by atomic mass is 16.5. The topological polar surface area (TPSA) is 99.9 Å². The van der Waals surface area contributed by atoms with Crippen molar-refractivity contribution in [3.05, 3.63) is 54.0 Å². The van der Waals surface area contributed by atoms with E-state index in [2.05, 4.69) is 20.4 Å². The van der Waals surface area contributed by atoms with Crippen molar-refractivity contribution < 1.29 is 15.1 Å². The molecule has 3 N–H and O–H groups in total. The van der Waals surface area contributed by atoms with Gasteiger partial charge in [-0.25, -0.2) is 4.98 Å². The van der Waals surface area contributed by atoms with Crippen molar-refractivity contribution in [2.24, 2.45) is 5.16 Å². The van der Waals surface area contributed by atoms with Crippen molar-refractivity contribution in [3.8, 4) is 11.5 Å². The van der Waals surface area contributed by atoms with Crippen molar-refractivity contribution in [1.82, 2.24) is 9.97 Å². The first kappa shape index (κ1) is 18.4. The number of nitrogens with zero attached hydrogens (tertiary/aromatic N) is 3.